The lowest BCUT2D eigenvalue weighted by atomic mass is 10.1. The quantitative estimate of drug-likeness (QED) is 0.572. The summed E-state index contributed by atoms with van der Waals surface area (Å²) in [6.45, 7) is 3.24. The van der Waals surface area contributed by atoms with Crippen LogP contribution >= 0.6 is 15.9 Å². The van der Waals surface area contributed by atoms with Gasteiger partial charge in [-0.05, 0) is 38.1 Å². The number of ketones is 1. The van der Waals surface area contributed by atoms with E-state index < -0.39 is 17.9 Å². The monoisotopic (exact) mass is 356 g/mol. The standard InChI is InChI=1S/C14H17BrN2O4/c1-3-21-14(20)12(8-9(2)18)16-17-13(19)10-4-6-11(15)7-5-10/h4-7,12,16H,3,8H2,1-2H3,(H,17,19)/t12-/m1/s1. The van der Waals surface area contributed by atoms with Gasteiger partial charge in [-0.25, -0.2) is 5.43 Å². The molecular formula is C14H17BrN2O4. The molecule has 0 radical (unpaired) electrons. The number of carbonyl (C=O) groups excluding carboxylic acids is 3. The molecule has 0 aromatic heterocycles. The number of amides is 1. The molecule has 0 spiro atoms. The normalized spacial score (nSPS) is 11.6. The Hall–Kier alpha value is -1.73. The van der Waals surface area contributed by atoms with Crippen molar-refractivity contribution < 1.29 is 19.1 Å². The van der Waals surface area contributed by atoms with Gasteiger partial charge in [0.1, 0.15) is 11.8 Å². The summed E-state index contributed by atoms with van der Waals surface area (Å²) in [5.74, 6) is -1.16. The third-order valence-electron chi connectivity index (χ3n) is 2.53. The largest absolute Gasteiger partial charge is 0.465 e. The maximum Gasteiger partial charge on any atom is 0.325 e. The molecule has 0 aliphatic rings. The maximum absolute atomic E-state index is 11.9. The van der Waals surface area contributed by atoms with Crippen LogP contribution in [0.25, 0.3) is 0 Å². The second-order valence-corrected chi connectivity index (χ2v) is 5.23. The zero-order valence-corrected chi connectivity index (χ0v) is 13.4. The SMILES string of the molecule is CCOC(=O)[C@@H](CC(C)=O)NNC(=O)c1ccc(Br)cc1. The van der Waals surface area contributed by atoms with Crippen molar-refractivity contribution in [3.8, 4) is 0 Å². The van der Waals surface area contributed by atoms with Crippen molar-refractivity contribution in [1.29, 1.82) is 0 Å². The van der Waals surface area contributed by atoms with E-state index in [9.17, 15) is 14.4 Å². The number of nitrogens with one attached hydrogen (secondary N) is 2. The highest BCUT2D eigenvalue weighted by molar-refractivity contribution is 9.10. The number of benzene rings is 1. The lowest BCUT2D eigenvalue weighted by Gasteiger charge is -2.16. The summed E-state index contributed by atoms with van der Waals surface area (Å²) < 4.78 is 5.70. The van der Waals surface area contributed by atoms with Gasteiger partial charge in [0.2, 0.25) is 0 Å². The molecule has 2 N–H and O–H groups in total. The average molecular weight is 357 g/mol. The van der Waals surface area contributed by atoms with E-state index in [4.69, 9.17) is 4.74 Å². The van der Waals surface area contributed by atoms with Gasteiger partial charge in [0.15, 0.2) is 0 Å². The van der Waals surface area contributed by atoms with Gasteiger partial charge >= 0.3 is 5.97 Å². The summed E-state index contributed by atoms with van der Waals surface area (Å²) in [4.78, 5) is 34.7. The van der Waals surface area contributed by atoms with Crippen molar-refractivity contribution in [1.82, 2.24) is 10.9 Å². The Morgan fingerprint density at radius 1 is 1.24 bits per heavy atom. The highest BCUT2D eigenvalue weighted by atomic mass is 79.9. The van der Waals surface area contributed by atoms with Crippen LogP contribution in [0.1, 0.15) is 30.6 Å². The van der Waals surface area contributed by atoms with Gasteiger partial charge in [-0.15, -0.1) is 0 Å². The molecule has 1 rings (SSSR count). The van der Waals surface area contributed by atoms with Crippen LogP contribution in [0.15, 0.2) is 28.7 Å². The van der Waals surface area contributed by atoms with E-state index >= 15 is 0 Å². The predicted molar refractivity (Wildman–Crippen MR) is 80.5 cm³/mol. The van der Waals surface area contributed by atoms with Gasteiger partial charge in [0, 0.05) is 16.5 Å². The minimum Gasteiger partial charge on any atom is -0.465 e. The molecule has 0 aliphatic heterocycles. The van der Waals surface area contributed by atoms with E-state index in [0.717, 1.165) is 4.47 Å². The van der Waals surface area contributed by atoms with Crippen molar-refractivity contribution in [2.75, 3.05) is 6.61 Å². The molecule has 21 heavy (non-hydrogen) atoms. The Balaban J connectivity index is 2.63. The summed E-state index contributed by atoms with van der Waals surface area (Å²) in [5.41, 5.74) is 5.37. The third-order valence-corrected chi connectivity index (χ3v) is 3.06. The van der Waals surface area contributed by atoms with Crippen LogP contribution in [0.3, 0.4) is 0 Å². The van der Waals surface area contributed by atoms with Crippen molar-refractivity contribution in [2.45, 2.75) is 26.3 Å². The van der Waals surface area contributed by atoms with Crippen LogP contribution in [0, 0.1) is 0 Å². The van der Waals surface area contributed by atoms with Crippen LogP contribution in [-0.2, 0) is 14.3 Å². The van der Waals surface area contributed by atoms with Gasteiger partial charge < -0.3 is 4.74 Å². The molecule has 0 saturated heterocycles. The molecule has 114 valence electrons. The van der Waals surface area contributed by atoms with Gasteiger partial charge in [0.05, 0.1) is 6.61 Å². The maximum atomic E-state index is 11.9. The first-order valence-corrected chi connectivity index (χ1v) is 7.20. The van der Waals surface area contributed by atoms with E-state index in [2.05, 4.69) is 26.8 Å². The predicted octanol–water partition coefficient (Wildman–Crippen LogP) is 1.59. The van der Waals surface area contributed by atoms with Gasteiger partial charge in [0.25, 0.3) is 5.91 Å². The van der Waals surface area contributed by atoms with Gasteiger partial charge in [-0.2, -0.15) is 0 Å². The molecule has 6 nitrogen and oxygen atoms in total. The summed E-state index contributed by atoms with van der Waals surface area (Å²) in [5, 5.41) is 0. The van der Waals surface area contributed by atoms with Crippen LogP contribution < -0.4 is 10.9 Å². The van der Waals surface area contributed by atoms with Gasteiger partial charge in [-0.1, -0.05) is 15.9 Å². The molecule has 1 aromatic carbocycles. The zero-order valence-electron chi connectivity index (χ0n) is 11.8. The number of Topliss-reactive ketones (excluding diaryl/α,β-unsaturated/α-hetero) is 1. The van der Waals surface area contributed by atoms with Gasteiger partial charge in [-0.3, -0.25) is 19.8 Å². The minimum atomic E-state index is -0.901. The summed E-state index contributed by atoms with van der Waals surface area (Å²) in [6.07, 6.45) is -0.0561. The Labute approximate surface area is 131 Å². The van der Waals surface area contributed by atoms with Crippen molar-refractivity contribution in [3.05, 3.63) is 34.3 Å². The number of esters is 1. The lowest BCUT2D eigenvalue weighted by Crippen LogP contribution is -2.49. The highest BCUT2D eigenvalue weighted by Crippen LogP contribution is 2.10. The first-order chi connectivity index (χ1) is 9.93. The Morgan fingerprint density at radius 3 is 2.38 bits per heavy atom. The number of ether oxygens (including phenoxy) is 1. The number of hydrogen-bond donors (Lipinski definition) is 2. The average Bonchev–Trinajstić information content (AvgIpc) is 2.43. The van der Waals surface area contributed by atoms with Crippen LogP contribution in [0.4, 0.5) is 0 Å². The smallest absolute Gasteiger partial charge is 0.325 e. The number of halogens is 1. The molecule has 0 fully saturated rings. The number of rotatable bonds is 7. The molecule has 0 bridgehead atoms. The molecule has 7 heteroatoms. The first-order valence-electron chi connectivity index (χ1n) is 6.41. The molecule has 1 amide bonds. The van der Waals surface area contributed by atoms with Crippen molar-refractivity contribution in [3.63, 3.8) is 0 Å². The number of hydrogen-bond acceptors (Lipinski definition) is 5. The van der Waals surface area contributed by atoms with Crippen molar-refractivity contribution >= 4 is 33.6 Å². The fourth-order valence-electron chi connectivity index (χ4n) is 1.55. The molecule has 0 unspecified atom stereocenters. The molecule has 1 atom stereocenters. The van der Waals surface area contributed by atoms with E-state index in [-0.39, 0.29) is 18.8 Å². The van der Waals surface area contributed by atoms with Crippen LogP contribution in [0.5, 0.6) is 0 Å². The highest BCUT2D eigenvalue weighted by Gasteiger charge is 2.22. The second-order valence-electron chi connectivity index (χ2n) is 4.32. The molecule has 0 saturated carbocycles. The van der Waals surface area contributed by atoms with Crippen LogP contribution in [0.2, 0.25) is 0 Å². The summed E-state index contributed by atoms with van der Waals surface area (Å²) in [7, 11) is 0. The van der Waals surface area contributed by atoms with E-state index in [1.54, 1.807) is 31.2 Å². The Kier molecular flexibility index (Phi) is 7.04. The van der Waals surface area contributed by atoms with Crippen LogP contribution in [-0.4, -0.2) is 30.3 Å². The molecular weight excluding hydrogens is 340 g/mol. The Morgan fingerprint density at radius 2 is 1.86 bits per heavy atom. The molecule has 0 heterocycles. The first kappa shape index (κ1) is 17.3. The minimum absolute atomic E-state index is 0.0561. The molecule has 1 aromatic rings. The topological polar surface area (TPSA) is 84.5 Å². The summed E-state index contributed by atoms with van der Waals surface area (Å²) in [6, 6.07) is 5.82. The fourth-order valence-corrected chi connectivity index (χ4v) is 1.81. The lowest BCUT2D eigenvalue weighted by molar-refractivity contribution is -0.147. The number of carbonyl (C=O) groups is 3. The van der Waals surface area contributed by atoms with Crippen molar-refractivity contribution in [2.24, 2.45) is 0 Å². The third kappa shape index (κ3) is 6.05. The van der Waals surface area contributed by atoms with E-state index in [1.807, 2.05) is 0 Å². The van der Waals surface area contributed by atoms with E-state index in [0.29, 0.717) is 5.56 Å². The summed E-state index contributed by atoms with van der Waals surface area (Å²) >= 11 is 3.27. The number of hydrazine groups is 1. The fraction of sp³-hybridized carbons (Fsp3) is 0.357. The van der Waals surface area contributed by atoms with E-state index in [1.165, 1.54) is 6.92 Å². The molecule has 0 aliphatic carbocycles. The Bertz CT molecular complexity index is 516. The zero-order chi connectivity index (χ0) is 15.8. The second kappa shape index (κ2) is 8.53.